The lowest BCUT2D eigenvalue weighted by molar-refractivity contribution is -0.0328. The summed E-state index contributed by atoms with van der Waals surface area (Å²) in [6.45, 7) is 2.68. The summed E-state index contributed by atoms with van der Waals surface area (Å²) in [5, 5.41) is 0. The zero-order valence-electron chi connectivity index (χ0n) is 13.4. The molecule has 2 aromatic rings. The first-order chi connectivity index (χ1) is 11.9. The number of thioether (sulfide) groups is 2. The molecular weight excluding hydrogens is 371 g/mol. The smallest absolute Gasteiger partial charge is 0.436 e. The normalized spacial score (nSPS) is 16.2. The Balaban J connectivity index is 2.04. The van der Waals surface area contributed by atoms with Crippen molar-refractivity contribution in [2.75, 3.05) is 12.3 Å². The summed E-state index contributed by atoms with van der Waals surface area (Å²) in [6.07, 6.45) is 1.71. The van der Waals surface area contributed by atoms with Crippen molar-refractivity contribution in [3.8, 4) is 0 Å². The highest BCUT2D eigenvalue weighted by Gasteiger charge is 2.29. The Morgan fingerprint density at radius 2 is 2.12 bits per heavy atom. The molecule has 0 atom stereocenters. The van der Waals surface area contributed by atoms with Gasteiger partial charge in [-0.2, -0.15) is 13.2 Å². The van der Waals surface area contributed by atoms with E-state index >= 15 is 0 Å². The minimum Gasteiger partial charge on any atom is -0.436 e. The lowest BCUT2D eigenvalue weighted by Gasteiger charge is -2.08. The first-order valence-corrected chi connectivity index (χ1v) is 9.50. The number of nitrogens with two attached hydrogens (primary N) is 1. The molecule has 0 aliphatic carbocycles. The van der Waals surface area contributed by atoms with Crippen molar-refractivity contribution < 1.29 is 17.6 Å². The minimum atomic E-state index is -4.34. The summed E-state index contributed by atoms with van der Waals surface area (Å²) in [5.74, 6) is 1.55. The van der Waals surface area contributed by atoms with E-state index in [-0.39, 0.29) is 16.7 Å². The fourth-order valence-electron chi connectivity index (χ4n) is 2.54. The van der Waals surface area contributed by atoms with E-state index in [1.165, 1.54) is 18.2 Å². The van der Waals surface area contributed by atoms with Gasteiger partial charge in [0.15, 0.2) is 5.58 Å². The van der Waals surface area contributed by atoms with Crippen LogP contribution in [0.2, 0.25) is 0 Å². The predicted octanol–water partition coefficient (Wildman–Crippen LogP) is 5.05. The van der Waals surface area contributed by atoms with Gasteiger partial charge in [0.25, 0.3) is 0 Å². The Labute approximate surface area is 151 Å². The van der Waals surface area contributed by atoms with Crippen molar-refractivity contribution >= 4 is 46.0 Å². The van der Waals surface area contributed by atoms with Crippen molar-refractivity contribution in [1.29, 1.82) is 0 Å². The van der Waals surface area contributed by atoms with Crippen LogP contribution >= 0.6 is 23.5 Å². The number of hydrogen-bond acceptors (Lipinski definition) is 6. The van der Waals surface area contributed by atoms with Gasteiger partial charge in [-0.25, -0.2) is 4.98 Å². The molecule has 1 aliphatic heterocycles. The van der Waals surface area contributed by atoms with Crippen LogP contribution in [0.5, 0.6) is 0 Å². The molecule has 3 rings (SSSR count). The van der Waals surface area contributed by atoms with Gasteiger partial charge in [-0.1, -0.05) is 6.92 Å². The van der Waals surface area contributed by atoms with E-state index in [1.54, 1.807) is 11.8 Å². The molecule has 2 heterocycles. The SMILES string of the molecule is CCSC1=C(c2nc3cc(SC(F)(F)F)ccc3o2)C(N)=NCCC1. The first kappa shape index (κ1) is 18.2. The molecule has 0 fully saturated rings. The number of oxazole rings is 1. The average Bonchev–Trinajstić information content (AvgIpc) is 2.83. The molecule has 0 spiro atoms. The number of halogens is 3. The molecule has 4 nitrogen and oxygen atoms in total. The second-order valence-corrected chi connectivity index (χ2v) is 7.80. The van der Waals surface area contributed by atoms with Gasteiger partial charge >= 0.3 is 5.51 Å². The van der Waals surface area contributed by atoms with Gasteiger partial charge in [-0.15, -0.1) is 11.8 Å². The van der Waals surface area contributed by atoms with Gasteiger partial charge in [0.2, 0.25) is 5.89 Å². The minimum absolute atomic E-state index is 0.0690. The Bertz CT molecular complexity index is 839. The van der Waals surface area contributed by atoms with E-state index in [4.69, 9.17) is 10.2 Å². The highest BCUT2D eigenvalue weighted by Crippen LogP contribution is 2.39. The Morgan fingerprint density at radius 1 is 1.32 bits per heavy atom. The number of rotatable bonds is 4. The Morgan fingerprint density at radius 3 is 2.84 bits per heavy atom. The number of benzene rings is 1. The van der Waals surface area contributed by atoms with Gasteiger partial charge in [0.05, 0.1) is 5.57 Å². The topological polar surface area (TPSA) is 64.4 Å². The molecule has 1 aromatic carbocycles. The zero-order valence-corrected chi connectivity index (χ0v) is 15.0. The van der Waals surface area contributed by atoms with Gasteiger partial charge < -0.3 is 10.2 Å². The number of amidine groups is 1. The van der Waals surface area contributed by atoms with Crippen molar-refractivity contribution in [1.82, 2.24) is 4.98 Å². The summed E-state index contributed by atoms with van der Waals surface area (Å²) < 4.78 is 43.4. The van der Waals surface area contributed by atoms with Gasteiger partial charge in [-0.05, 0) is 48.6 Å². The van der Waals surface area contributed by atoms with Gasteiger partial charge in [0, 0.05) is 16.3 Å². The maximum Gasteiger partial charge on any atom is 0.446 e. The lowest BCUT2D eigenvalue weighted by atomic mass is 10.2. The molecule has 134 valence electrons. The van der Waals surface area contributed by atoms with Crippen LogP contribution in [0.25, 0.3) is 16.7 Å². The van der Waals surface area contributed by atoms with Crippen LogP contribution in [0.4, 0.5) is 13.2 Å². The molecule has 0 radical (unpaired) electrons. The molecule has 1 aromatic heterocycles. The van der Waals surface area contributed by atoms with E-state index < -0.39 is 5.51 Å². The second kappa shape index (κ2) is 7.33. The molecule has 9 heteroatoms. The third-order valence-corrected chi connectivity index (χ3v) is 5.27. The highest BCUT2D eigenvalue weighted by atomic mass is 32.2. The molecule has 0 amide bonds. The van der Waals surface area contributed by atoms with Crippen LogP contribution in [0, 0.1) is 0 Å². The third kappa shape index (κ3) is 4.33. The molecule has 0 saturated heterocycles. The zero-order chi connectivity index (χ0) is 18.0. The summed E-state index contributed by atoms with van der Waals surface area (Å²) in [7, 11) is 0. The van der Waals surface area contributed by atoms with Gasteiger partial charge in [-0.3, -0.25) is 4.99 Å². The average molecular weight is 387 g/mol. The summed E-state index contributed by atoms with van der Waals surface area (Å²) in [6, 6.07) is 4.24. The van der Waals surface area contributed by atoms with Crippen LogP contribution in [-0.2, 0) is 0 Å². The molecular formula is C16H16F3N3OS2. The number of nitrogens with zero attached hydrogens (tertiary/aromatic N) is 2. The number of hydrogen-bond donors (Lipinski definition) is 1. The number of aromatic nitrogens is 1. The third-order valence-electron chi connectivity index (χ3n) is 3.50. The van der Waals surface area contributed by atoms with E-state index in [2.05, 4.69) is 9.98 Å². The van der Waals surface area contributed by atoms with Crippen LogP contribution in [-0.4, -0.2) is 28.6 Å². The van der Waals surface area contributed by atoms with Gasteiger partial charge in [0.1, 0.15) is 11.4 Å². The van der Waals surface area contributed by atoms with Crippen LogP contribution < -0.4 is 5.73 Å². The monoisotopic (exact) mass is 387 g/mol. The lowest BCUT2D eigenvalue weighted by Crippen LogP contribution is -2.15. The molecule has 0 bridgehead atoms. The summed E-state index contributed by atoms with van der Waals surface area (Å²) in [4.78, 5) is 9.82. The number of allylic oxidation sites excluding steroid dienone is 1. The van der Waals surface area contributed by atoms with Crippen LogP contribution in [0.1, 0.15) is 25.7 Å². The Hall–Kier alpha value is -1.61. The summed E-state index contributed by atoms with van der Waals surface area (Å²) >= 11 is 1.49. The fourth-order valence-corrected chi connectivity index (χ4v) is 4.09. The number of aliphatic imine (C=N–C) groups is 1. The molecule has 25 heavy (non-hydrogen) atoms. The van der Waals surface area contributed by atoms with E-state index in [9.17, 15) is 13.2 Å². The van der Waals surface area contributed by atoms with Crippen LogP contribution in [0.15, 0.2) is 37.4 Å². The van der Waals surface area contributed by atoms with Crippen LogP contribution in [0.3, 0.4) is 0 Å². The quantitative estimate of drug-likeness (QED) is 0.744. The standard InChI is InChI=1S/C16H16F3N3OS2/c1-2-24-12-4-3-7-21-14(20)13(12)15-22-10-8-9(25-16(17,18)19)5-6-11(10)23-15/h5-6,8H,2-4,7H2,1H3,(H2,20,21). The second-order valence-electron chi connectivity index (χ2n) is 5.30. The molecule has 2 N–H and O–H groups in total. The highest BCUT2D eigenvalue weighted by molar-refractivity contribution is 8.03. The van der Waals surface area contributed by atoms with Crippen molar-refractivity contribution in [3.05, 3.63) is 29.0 Å². The van der Waals surface area contributed by atoms with Crippen molar-refractivity contribution in [2.45, 2.75) is 30.2 Å². The van der Waals surface area contributed by atoms with Crippen molar-refractivity contribution in [2.24, 2.45) is 10.7 Å². The number of fused-ring (bicyclic) bond motifs is 1. The maximum atomic E-state index is 12.5. The van der Waals surface area contributed by atoms with E-state index in [0.717, 1.165) is 23.5 Å². The maximum absolute atomic E-state index is 12.5. The summed E-state index contributed by atoms with van der Waals surface area (Å²) in [5.41, 5.74) is 3.20. The first-order valence-electron chi connectivity index (χ1n) is 7.70. The fraction of sp³-hybridized carbons (Fsp3) is 0.375. The van der Waals surface area contributed by atoms with E-state index in [1.807, 2.05) is 6.92 Å². The largest absolute Gasteiger partial charge is 0.446 e. The Kier molecular flexibility index (Phi) is 5.33. The molecule has 1 aliphatic rings. The van der Waals surface area contributed by atoms with Crippen molar-refractivity contribution in [3.63, 3.8) is 0 Å². The van der Waals surface area contributed by atoms with E-state index in [0.29, 0.717) is 34.9 Å². The molecule has 0 saturated carbocycles. The predicted molar refractivity (Wildman–Crippen MR) is 96.7 cm³/mol. The molecule has 0 unspecified atom stereocenters. The number of alkyl halides is 3.